The molecule has 0 saturated heterocycles. The summed E-state index contributed by atoms with van der Waals surface area (Å²) in [6.45, 7) is 37.2. The Bertz CT molecular complexity index is 1870. The summed E-state index contributed by atoms with van der Waals surface area (Å²) in [5.74, 6) is -1.16. The third-order valence-corrected chi connectivity index (χ3v) is 29.6. The molecule has 0 aromatic heterocycles. The third-order valence-electron chi connectivity index (χ3n) is 14.4. The van der Waals surface area contributed by atoms with E-state index in [0.29, 0.717) is 32.5 Å². The minimum absolute atomic E-state index is 0.0150. The summed E-state index contributed by atoms with van der Waals surface area (Å²) in [5.41, 5.74) is 2.07. The van der Waals surface area contributed by atoms with E-state index in [1.807, 2.05) is 52.9 Å². The Balaban J connectivity index is 2.50. The summed E-state index contributed by atoms with van der Waals surface area (Å²) in [5, 5.41) is -0.389. The van der Waals surface area contributed by atoms with Crippen LogP contribution in [0.25, 0.3) is 0 Å². The fourth-order valence-corrected chi connectivity index (χ4v) is 12.1. The lowest BCUT2D eigenvalue weighted by Crippen LogP contribution is -2.47. The van der Waals surface area contributed by atoms with Crippen LogP contribution in [0.2, 0.25) is 54.4 Å². The predicted octanol–water partition coefficient (Wildman–Crippen LogP) is 15.8. The molecule has 0 spiro atoms. The third kappa shape index (κ3) is 24.6. The van der Waals surface area contributed by atoms with Crippen LogP contribution in [0.5, 0.6) is 0 Å². The fraction of sp³-hybridized carbons (Fsp3) is 0.788. The van der Waals surface area contributed by atoms with Gasteiger partial charge in [0.05, 0.1) is 31.0 Å². The minimum Gasteiger partial charge on any atom is -0.458 e. The highest BCUT2D eigenvalue weighted by atomic mass is 31.2. The van der Waals surface area contributed by atoms with Crippen molar-refractivity contribution < 1.29 is 72.2 Å². The van der Waals surface area contributed by atoms with Crippen molar-refractivity contribution in [1.82, 2.24) is 0 Å². The maximum absolute atomic E-state index is 13.8. The van der Waals surface area contributed by atoms with Crippen molar-refractivity contribution in [3.05, 3.63) is 60.3 Å². The number of halogens is 6. The van der Waals surface area contributed by atoms with Crippen LogP contribution in [0.4, 0.5) is 26.3 Å². The number of ether oxygens (including phenoxy) is 3. The van der Waals surface area contributed by atoms with Crippen molar-refractivity contribution >= 4 is 38.5 Å². The predicted molar refractivity (Wildman–Crippen MR) is 284 cm³/mol. The summed E-state index contributed by atoms with van der Waals surface area (Å²) in [6, 6.07) is 0. The van der Waals surface area contributed by atoms with Gasteiger partial charge in [-0.1, -0.05) is 129 Å². The lowest BCUT2D eigenvalue weighted by molar-refractivity contribution is -0.167. The van der Waals surface area contributed by atoms with Gasteiger partial charge in [0.25, 0.3) is 0 Å². The van der Waals surface area contributed by atoms with Crippen molar-refractivity contribution in [2.75, 3.05) is 32.6 Å². The van der Waals surface area contributed by atoms with Gasteiger partial charge in [-0.3, -0.25) is 18.4 Å². The molecule has 0 aromatic rings. The van der Waals surface area contributed by atoms with Gasteiger partial charge in [0.2, 0.25) is 0 Å². The summed E-state index contributed by atoms with van der Waals surface area (Å²) < 4.78 is 140. The van der Waals surface area contributed by atoms with Crippen LogP contribution in [0.3, 0.4) is 0 Å². The second-order valence-electron chi connectivity index (χ2n) is 24.4. The Labute approximate surface area is 432 Å². The Hall–Kier alpha value is -1.65. The molecule has 10 nitrogen and oxygen atoms in total. The van der Waals surface area contributed by atoms with E-state index in [-0.39, 0.29) is 45.8 Å². The van der Waals surface area contributed by atoms with Gasteiger partial charge in [-0.05, 0) is 106 Å². The van der Waals surface area contributed by atoms with E-state index >= 15 is 0 Å². The zero-order valence-electron chi connectivity index (χ0n) is 46.6. The molecular formula is C52H91F6O10PSi3. The van der Waals surface area contributed by atoms with E-state index in [1.54, 1.807) is 18.2 Å². The van der Waals surface area contributed by atoms with Gasteiger partial charge in [0, 0.05) is 13.0 Å². The average Bonchev–Trinajstić information content (AvgIpc) is 3.18. The molecule has 1 unspecified atom stereocenters. The van der Waals surface area contributed by atoms with Gasteiger partial charge >= 0.3 is 25.9 Å². The van der Waals surface area contributed by atoms with Crippen LogP contribution >= 0.6 is 7.60 Å². The van der Waals surface area contributed by atoms with E-state index in [4.69, 9.17) is 27.5 Å². The Morgan fingerprint density at radius 3 is 1.93 bits per heavy atom. The van der Waals surface area contributed by atoms with E-state index in [2.05, 4.69) is 102 Å². The molecule has 0 aliphatic carbocycles. The maximum Gasteiger partial charge on any atom is 0.412 e. The molecule has 0 radical (unpaired) electrons. The highest BCUT2D eigenvalue weighted by Gasteiger charge is 2.44. The van der Waals surface area contributed by atoms with E-state index in [0.717, 1.165) is 30.4 Å². The largest absolute Gasteiger partial charge is 0.458 e. The summed E-state index contributed by atoms with van der Waals surface area (Å²) in [4.78, 5) is 13.8. The monoisotopic (exact) mass is 1100 g/mol. The Morgan fingerprint density at radius 1 is 0.847 bits per heavy atom. The number of esters is 1. The minimum atomic E-state index is -5.36. The van der Waals surface area contributed by atoms with Crippen molar-refractivity contribution in [1.29, 1.82) is 0 Å². The zero-order chi connectivity index (χ0) is 55.4. The number of hydrogen-bond acceptors (Lipinski definition) is 10. The van der Waals surface area contributed by atoms with Crippen LogP contribution in [0.15, 0.2) is 60.3 Å². The lowest BCUT2D eigenvalue weighted by atomic mass is 9.91. The van der Waals surface area contributed by atoms with Crippen molar-refractivity contribution in [2.45, 2.75) is 224 Å². The quantitative estimate of drug-likeness (QED) is 0.0259. The molecule has 0 aromatic carbocycles. The van der Waals surface area contributed by atoms with Crippen LogP contribution in [-0.4, -0.2) is 112 Å². The molecule has 7 atom stereocenters. The van der Waals surface area contributed by atoms with Crippen LogP contribution in [0, 0.1) is 5.92 Å². The first-order chi connectivity index (χ1) is 32.5. The molecule has 0 N–H and O–H groups in total. The molecule has 0 fully saturated rings. The fourth-order valence-electron chi connectivity index (χ4n) is 7.13. The second kappa shape index (κ2) is 27.1. The van der Waals surface area contributed by atoms with Crippen molar-refractivity contribution in [3.63, 3.8) is 0 Å². The van der Waals surface area contributed by atoms with Gasteiger partial charge < -0.3 is 27.5 Å². The molecule has 2 rings (SSSR count). The number of rotatable bonds is 27. The number of carbonyl (C=O) groups is 1. The molecule has 72 heavy (non-hydrogen) atoms. The molecule has 0 saturated carbocycles. The molecule has 418 valence electrons. The number of carbonyl (C=O) groups excluding carboxylic acids is 1. The lowest BCUT2D eigenvalue weighted by Gasteiger charge is -2.40. The molecule has 2 aliphatic heterocycles. The highest BCUT2D eigenvalue weighted by molar-refractivity contribution is 7.54. The first-order valence-electron chi connectivity index (χ1n) is 25.3. The topological polar surface area (TPSA) is 108 Å². The summed E-state index contributed by atoms with van der Waals surface area (Å²) >= 11 is 0. The van der Waals surface area contributed by atoms with Crippen molar-refractivity contribution in [3.8, 4) is 0 Å². The SMILES string of the molecule is C=C(CC(/C=C/C[C@H](OC(=O)CP(=O)(OCC(F)(F)F)OCC(F)(F)F)[C@@H](/C=C/[C@@H]1CC(C)=CCO1)O[Si](C)(C)C(C)(C)C)O[Si](C)(C)C(C)(C)C)C[C@H](C)C[C@@H]1CC=C[C@@H](CCO[Si](C)(C)C(C)(C)C)O1. The molecule has 2 heterocycles. The summed E-state index contributed by atoms with van der Waals surface area (Å²) in [6.07, 6.45) is 2.98. The van der Waals surface area contributed by atoms with Crippen LogP contribution in [0.1, 0.15) is 121 Å². The smallest absolute Gasteiger partial charge is 0.412 e. The summed E-state index contributed by atoms with van der Waals surface area (Å²) in [7, 11) is -12.4. The standard InChI is InChI=1S/C52H91F6O10PSi3/c1-38-27-29-61-42(32-38)25-26-46(68-72(17,18)50(10,11)12)45(66-47(59)35-69(60,62-36-51(53,54)55)63-37-52(56,57)58)24-20-23-44(67-71(15,16)49(7,8)9)34-40(3)31-39(2)33-43-22-19-21-41(65-43)28-30-64-70(13,14)48(4,5)6/h19-21,23,25-27,39,41-46H,3,22,24,28-37H2,1-2,4-18H3/b23-20+,26-25+/t39-,41-,42+,43-,44?,45-,46+/m0/s1. The van der Waals surface area contributed by atoms with E-state index < -0.39 is 88.6 Å². The van der Waals surface area contributed by atoms with Crippen molar-refractivity contribution in [2.24, 2.45) is 5.92 Å². The molecular weight excluding hydrogens is 1010 g/mol. The molecule has 0 amide bonds. The van der Waals surface area contributed by atoms with Gasteiger partial charge in [0.15, 0.2) is 38.2 Å². The molecule has 2 aliphatic rings. The average molecular weight is 1110 g/mol. The second-order valence-corrected chi connectivity index (χ2v) is 40.7. The van der Waals surface area contributed by atoms with Gasteiger partial charge in [-0.15, -0.1) is 0 Å². The first-order valence-corrected chi connectivity index (χ1v) is 35.8. The first kappa shape index (κ1) is 66.5. The zero-order valence-corrected chi connectivity index (χ0v) is 50.5. The van der Waals surface area contributed by atoms with Gasteiger partial charge in [0.1, 0.15) is 18.4 Å². The molecule has 20 heteroatoms. The van der Waals surface area contributed by atoms with Crippen LogP contribution < -0.4 is 0 Å². The van der Waals surface area contributed by atoms with Crippen LogP contribution in [-0.2, 0) is 45.9 Å². The Morgan fingerprint density at radius 2 is 1.40 bits per heavy atom. The number of alkyl halides is 6. The van der Waals surface area contributed by atoms with Gasteiger partial charge in [-0.25, -0.2) is 0 Å². The number of hydrogen-bond donors (Lipinski definition) is 0. The maximum atomic E-state index is 13.8. The molecule has 0 bridgehead atoms. The normalized spacial score (nSPS) is 21.2. The highest BCUT2D eigenvalue weighted by Crippen LogP contribution is 2.50. The van der Waals surface area contributed by atoms with E-state index in [9.17, 15) is 35.7 Å². The van der Waals surface area contributed by atoms with E-state index in [1.165, 1.54) is 0 Å². The Kier molecular flexibility index (Phi) is 25.0. The van der Waals surface area contributed by atoms with Gasteiger partial charge in [-0.2, -0.15) is 26.3 Å².